The number of methoxy groups -OCH3 is 1. The number of halogens is 1. The number of nitrogens with one attached hydrogen (secondary N) is 2. The van der Waals surface area contributed by atoms with E-state index in [0.717, 1.165) is 10.5 Å². The van der Waals surface area contributed by atoms with Crippen molar-refractivity contribution in [2.75, 3.05) is 25.6 Å². The van der Waals surface area contributed by atoms with Gasteiger partial charge in [-0.2, -0.15) is 0 Å². The minimum Gasteiger partial charge on any atom is -0.494 e. The Balaban J connectivity index is 1.81. The number of amides is 2. The lowest BCUT2D eigenvalue weighted by Gasteiger charge is -2.10. The molecule has 2 aromatic carbocycles. The lowest BCUT2D eigenvalue weighted by atomic mass is 10.2. The van der Waals surface area contributed by atoms with Gasteiger partial charge in [0, 0.05) is 16.1 Å². The lowest BCUT2D eigenvalue weighted by Crippen LogP contribution is -2.32. The van der Waals surface area contributed by atoms with Crippen molar-refractivity contribution in [3.63, 3.8) is 0 Å². The largest absolute Gasteiger partial charge is 0.494 e. The Morgan fingerprint density at radius 3 is 2.45 bits per heavy atom. The Kier molecular flexibility index (Phi) is 7.66. The van der Waals surface area contributed by atoms with Gasteiger partial charge in [-0.1, -0.05) is 15.9 Å². The molecule has 10 nitrogen and oxygen atoms in total. The zero-order valence-electron chi connectivity index (χ0n) is 15.1. The van der Waals surface area contributed by atoms with Gasteiger partial charge in [0.1, 0.15) is 12.3 Å². The van der Waals surface area contributed by atoms with Gasteiger partial charge in [0.25, 0.3) is 17.5 Å². The van der Waals surface area contributed by atoms with Gasteiger partial charge >= 0.3 is 5.97 Å². The predicted molar refractivity (Wildman–Crippen MR) is 106 cm³/mol. The van der Waals surface area contributed by atoms with Crippen LogP contribution in [0.1, 0.15) is 10.4 Å². The number of hydrogen-bond donors (Lipinski definition) is 2. The molecule has 11 heteroatoms. The quantitative estimate of drug-likeness (QED) is 0.346. The zero-order valence-corrected chi connectivity index (χ0v) is 16.7. The Bertz CT molecular complexity index is 932. The molecule has 0 heterocycles. The van der Waals surface area contributed by atoms with Gasteiger partial charge in [0.15, 0.2) is 6.61 Å². The monoisotopic (exact) mass is 465 g/mol. The summed E-state index contributed by atoms with van der Waals surface area (Å²) in [6.07, 6.45) is 0. The first-order chi connectivity index (χ1) is 13.8. The van der Waals surface area contributed by atoms with Crippen molar-refractivity contribution < 1.29 is 28.8 Å². The lowest BCUT2D eigenvalue weighted by molar-refractivity contribution is -0.384. The first-order valence-corrected chi connectivity index (χ1v) is 8.91. The maximum absolute atomic E-state index is 11.9. The van der Waals surface area contributed by atoms with Crippen LogP contribution in [0.15, 0.2) is 46.9 Å². The highest BCUT2D eigenvalue weighted by molar-refractivity contribution is 9.10. The maximum Gasteiger partial charge on any atom is 0.325 e. The molecule has 29 heavy (non-hydrogen) atoms. The second-order valence-corrected chi connectivity index (χ2v) is 6.46. The Hall–Kier alpha value is -3.47. The van der Waals surface area contributed by atoms with E-state index in [1.807, 2.05) is 0 Å². The van der Waals surface area contributed by atoms with Crippen molar-refractivity contribution in [2.45, 2.75) is 0 Å². The molecule has 0 fully saturated rings. The molecule has 0 aliphatic rings. The molecule has 0 unspecified atom stereocenters. The number of carbonyl (C=O) groups excluding carboxylic acids is 3. The van der Waals surface area contributed by atoms with Crippen LogP contribution in [-0.2, 0) is 14.3 Å². The molecule has 0 bridgehead atoms. The number of nitro groups is 1. The fourth-order valence-corrected chi connectivity index (χ4v) is 2.40. The van der Waals surface area contributed by atoms with Gasteiger partial charge in [-0.25, -0.2) is 0 Å². The molecule has 2 aromatic rings. The molecule has 2 amide bonds. The number of carbonyl (C=O) groups is 3. The predicted octanol–water partition coefficient (Wildman–Crippen LogP) is 2.28. The Morgan fingerprint density at radius 2 is 1.83 bits per heavy atom. The molecule has 0 atom stereocenters. The van der Waals surface area contributed by atoms with E-state index in [4.69, 9.17) is 9.47 Å². The minimum atomic E-state index is -0.804. The summed E-state index contributed by atoms with van der Waals surface area (Å²) < 4.78 is 10.6. The normalized spacial score (nSPS) is 10.0. The molecule has 2 rings (SSSR count). The van der Waals surface area contributed by atoms with E-state index in [9.17, 15) is 24.5 Å². The molecule has 0 saturated carbocycles. The second kappa shape index (κ2) is 10.2. The number of esters is 1. The van der Waals surface area contributed by atoms with E-state index in [1.165, 1.54) is 19.2 Å². The SMILES string of the molecule is COc1cc([N+](=O)[O-])ccc1NC(=O)COC(=O)CNC(=O)c1ccc(Br)cc1. The number of anilines is 1. The summed E-state index contributed by atoms with van der Waals surface area (Å²) in [6.45, 7) is -1.02. The van der Waals surface area contributed by atoms with Gasteiger partial charge < -0.3 is 20.1 Å². The third kappa shape index (κ3) is 6.57. The van der Waals surface area contributed by atoms with Crippen molar-refractivity contribution in [3.8, 4) is 5.75 Å². The average molecular weight is 466 g/mol. The van der Waals surface area contributed by atoms with Crippen LogP contribution in [0.5, 0.6) is 5.75 Å². The van der Waals surface area contributed by atoms with Crippen molar-refractivity contribution in [3.05, 3.63) is 62.6 Å². The smallest absolute Gasteiger partial charge is 0.325 e. The van der Waals surface area contributed by atoms with Crippen molar-refractivity contribution in [1.82, 2.24) is 5.32 Å². The molecular formula is C18H16BrN3O7. The molecule has 0 spiro atoms. The summed E-state index contributed by atoms with van der Waals surface area (Å²) >= 11 is 3.25. The number of hydrogen-bond acceptors (Lipinski definition) is 7. The van der Waals surface area contributed by atoms with Crippen LogP contribution in [0, 0.1) is 10.1 Å². The van der Waals surface area contributed by atoms with Crippen LogP contribution < -0.4 is 15.4 Å². The summed E-state index contributed by atoms with van der Waals surface area (Å²) in [6, 6.07) is 10.2. The number of ether oxygens (including phenoxy) is 2. The average Bonchev–Trinajstić information content (AvgIpc) is 2.71. The highest BCUT2D eigenvalue weighted by Gasteiger charge is 2.15. The van der Waals surface area contributed by atoms with E-state index in [0.29, 0.717) is 5.56 Å². The highest BCUT2D eigenvalue weighted by atomic mass is 79.9. The second-order valence-electron chi connectivity index (χ2n) is 5.54. The third-order valence-electron chi connectivity index (χ3n) is 3.53. The van der Waals surface area contributed by atoms with Crippen LogP contribution in [-0.4, -0.2) is 43.0 Å². The van der Waals surface area contributed by atoms with E-state index in [2.05, 4.69) is 26.6 Å². The van der Waals surface area contributed by atoms with Gasteiger partial charge in [-0.15, -0.1) is 0 Å². The van der Waals surface area contributed by atoms with E-state index in [1.54, 1.807) is 24.3 Å². The number of nitrogens with zero attached hydrogens (tertiary/aromatic N) is 1. The molecule has 2 N–H and O–H groups in total. The van der Waals surface area contributed by atoms with Crippen LogP contribution in [0.3, 0.4) is 0 Å². The van der Waals surface area contributed by atoms with Gasteiger partial charge in [0.05, 0.1) is 23.8 Å². The summed E-state index contributed by atoms with van der Waals surface area (Å²) in [5.41, 5.74) is 0.347. The molecule has 0 aliphatic heterocycles. The third-order valence-corrected chi connectivity index (χ3v) is 4.06. The Labute approximate surface area is 173 Å². The van der Waals surface area contributed by atoms with Crippen LogP contribution >= 0.6 is 15.9 Å². The Morgan fingerprint density at radius 1 is 1.14 bits per heavy atom. The summed E-state index contributed by atoms with van der Waals surface area (Å²) in [4.78, 5) is 45.7. The summed E-state index contributed by atoms with van der Waals surface area (Å²) in [5.74, 6) is -1.86. The zero-order chi connectivity index (χ0) is 21.4. The van der Waals surface area contributed by atoms with Gasteiger partial charge in [0.2, 0.25) is 0 Å². The van der Waals surface area contributed by atoms with Crippen LogP contribution in [0.25, 0.3) is 0 Å². The summed E-state index contributed by atoms with van der Waals surface area (Å²) in [7, 11) is 1.29. The number of rotatable bonds is 8. The standard InChI is InChI=1S/C18H16BrN3O7/c1-28-15-8-13(22(26)27)6-7-14(15)21-16(23)10-29-17(24)9-20-18(25)11-2-4-12(19)5-3-11/h2-8H,9-10H2,1H3,(H,20,25)(H,21,23). The molecule has 0 saturated heterocycles. The fourth-order valence-electron chi connectivity index (χ4n) is 2.14. The van der Waals surface area contributed by atoms with E-state index in [-0.39, 0.29) is 17.1 Å². The fraction of sp³-hybridized carbons (Fsp3) is 0.167. The highest BCUT2D eigenvalue weighted by Crippen LogP contribution is 2.28. The molecule has 152 valence electrons. The minimum absolute atomic E-state index is 0.0839. The van der Waals surface area contributed by atoms with Crippen LogP contribution in [0.2, 0.25) is 0 Å². The molecule has 0 radical (unpaired) electrons. The maximum atomic E-state index is 11.9. The summed E-state index contributed by atoms with van der Waals surface area (Å²) in [5, 5.41) is 15.6. The first-order valence-electron chi connectivity index (χ1n) is 8.12. The van der Waals surface area contributed by atoms with E-state index >= 15 is 0 Å². The van der Waals surface area contributed by atoms with Gasteiger partial charge in [-0.05, 0) is 30.3 Å². The molecular weight excluding hydrogens is 450 g/mol. The van der Waals surface area contributed by atoms with E-state index < -0.39 is 35.9 Å². The number of nitro benzene ring substituents is 1. The van der Waals surface area contributed by atoms with Crippen molar-refractivity contribution in [2.24, 2.45) is 0 Å². The first kappa shape index (κ1) is 21.8. The van der Waals surface area contributed by atoms with Crippen LogP contribution in [0.4, 0.5) is 11.4 Å². The number of non-ortho nitro benzene ring substituents is 1. The molecule has 0 aromatic heterocycles. The number of benzene rings is 2. The van der Waals surface area contributed by atoms with Gasteiger partial charge in [-0.3, -0.25) is 24.5 Å². The van der Waals surface area contributed by atoms with Crippen molar-refractivity contribution >= 4 is 45.1 Å². The van der Waals surface area contributed by atoms with Crippen molar-refractivity contribution in [1.29, 1.82) is 0 Å². The topological polar surface area (TPSA) is 137 Å². The molecule has 0 aliphatic carbocycles.